The third-order valence-electron chi connectivity index (χ3n) is 5.14. The van der Waals surface area contributed by atoms with Gasteiger partial charge in [0.1, 0.15) is 5.82 Å². The number of aliphatic hydroxyl groups excluding tert-OH is 1. The van der Waals surface area contributed by atoms with Crippen LogP contribution in [-0.2, 0) is 0 Å². The lowest BCUT2D eigenvalue weighted by molar-refractivity contribution is 0.168. The van der Waals surface area contributed by atoms with E-state index in [0.717, 1.165) is 10.9 Å². The molecule has 162 valence electrons. The van der Waals surface area contributed by atoms with Gasteiger partial charge >= 0.3 is 6.03 Å². The van der Waals surface area contributed by atoms with Crippen LogP contribution >= 0.6 is 0 Å². The molecule has 0 aliphatic heterocycles. The van der Waals surface area contributed by atoms with E-state index in [1.165, 1.54) is 6.07 Å². The topological polar surface area (TPSA) is 87.1 Å². The van der Waals surface area contributed by atoms with E-state index in [9.17, 15) is 14.3 Å². The summed E-state index contributed by atoms with van der Waals surface area (Å²) in [6.07, 6.45) is 3.34. The lowest BCUT2D eigenvalue weighted by Gasteiger charge is -2.14. The van der Waals surface area contributed by atoms with E-state index < -0.39 is 12.1 Å². The molecule has 7 heteroatoms. The molecule has 1 atom stereocenters. The fourth-order valence-electron chi connectivity index (χ4n) is 3.39. The van der Waals surface area contributed by atoms with Gasteiger partial charge in [-0.3, -0.25) is 4.98 Å². The van der Waals surface area contributed by atoms with Crippen LogP contribution in [0.4, 0.5) is 14.9 Å². The molecule has 4 aromatic rings. The number of benzene rings is 2. The van der Waals surface area contributed by atoms with Gasteiger partial charge in [0.2, 0.25) is 0 Å². The number of anilines is 1. The van der Waals surface area contributed by atoms with Crippen molar-refractivity contribution >= 4 is 22.6 Å². The van der Waals surface area contributed by atoms with Crippen molar-refractivity contribution in [2.45, 2.75) is 19.4 Å². The Morgan fingerprint density at radius 1 is 1.09 bits per heavy atom. The fourth-order valence-corrected chi connectivity index (χ4v) is 3.39. The van der Waals surface area contributed by atoms with Gasteiger partial charge in [0.15, 0.2) is 0 Å². The number of nitrogens with one attached hydrogen (secondary N) is 2. The number of nitrogens with zero attached hydrogens (tertiary/aromatic N) is 2. The number of hydrogen-bond acceptors (Lipinski definition) is 4. The molecule has 0 aliphatic rings. The molecule has 2 heterocycles. The van der Waals surface area contributed by atoms with E-state index in [1.807, 2.05) is 25.1 Å². The van der Waals surface area contributed by atoms with E-state index in [0.29, 0.717) is 34.4 Å². The number of carbonyl (C=O) groups excluding carboxylic acids is 1. The highest BCUT2D eigenvalue weighted by Gasteiger charge is 2.15. The second-order valence-electron chi connectivity index (χ2n) is 7.41. The van der Waals surface area contributed by atoms with Gasteiger partial charge in [-0.25, -0.2) is 14.2 Å². The summed E-state index contributed by atoms with van der Waals surface area (Å²) in [6, 6.07) is 17.1. The Balaban J connectivity index is 1.74. The van der Waals surface area contributed by atoms with Crippen LogP contribution in [0, 0.1) is 5.82 Å². The van der Waals surface area contributed by atoms with Crippen molar-refractivity contribution in [3.8, 4) is 22.4 Å². The second kappa shape index (κ2) is 9.53. The zero-order valence-corrected chi connectivity index (χ0v) is 17.5. The van der Waals surface area contributed by atoms with Crippen molar-refractivity contribution in [3.63, 3.8) is 0 Å². The lowest BCUT2D eigenvalue weighted by atomic mass is 9.97. The Morgan fingerprint density at radius 3 is 2.69 bits per heavy atom. The standard InChI is InChI=1S/C25H23FN4O2/c1-2-19(31)15-28-25(32)29-18-9-10-23-17(12-18)13-21(20-7-3-4-8-22(20)26)24(30-23)16-6-5-11-27-14-16/h3-14,19,31H,2,15H2,1H3,(H2,28,29,32). The lowest BCUT2D eigenvalue weighted by Crippen LogP contribution is -2.34. The summed E-state index contributed by atoms with van der Waals surface area (Å²) < 4.78 is 14.7. The normalized spacial score (nSPS) is 11.8. The summed E-state index contributed by atoms with van der Waals surface area (Å²) in [7, 11) is 0. The van der Waals surface area contributed by atoms with Crippen molar-refractivity contribution in [2.24, 2.45) is 0 Å². The van der Waals surface area contributed by atoms with Gasteiger partial charge < -0.3 is 15.7 Å². The van der Waals surface area contributed by atoms with Crippen molar-refractivity contribution in [1.29, 1.82) is 0 Å². The van der Waals surface area contributed by atoms with Crippen LogP contribution in [0.3, 0.4) is 0 Å². The molecule has 2 aromatic carbocycles. The minimum Gasteiger partial charge on any atom is -0.391 e. The van der Waals surface area contributed by atoms with E-state index in [2.05, 4.69) is 15.6 Å². The number of rotatable bonds is 6. The smallest absolute Gasteiger partial charge is 0.319 e. The quantitative estimate of drug-likeness (QED) is 0.402. The number of urea groups is 1. The predicted octanol–water partition coefficient (Wildman–Crippen LogP) is 5.00. The molecule has 1 unspecified atom stereocenters. The van der Waals surface area contributed by atoms with Crippen LogP contribution in [0.5, 0.6) is 0 Å². The van der Waals surface area contributed by atoms with E-state index in [1.54, 1.807) is 48.8 Å². The molecule has 0 bridgehead atoms. The minimum absolute atomic E-state index is 0.170. The Kier molecular flexibility index (Phi) is 6.37. The zero-order chi connectivity index (χ0) is 22.5. The Bertz CT molecular complexity index is 1250. The van der Waals surface area contributed by atoms with Gasteiger partial charge in [0.05, 0.1) is 17.3 Å². The maximum Gasteiger partial charge on any atom is 0.319 e. The molecule has 2 amide bonds. The number of aromatic nitrogens is 2. The Hall–Kier alpha value is -3.84. The van der Waals surface area contributed by atoms with E-state index in [4.69, 9.17) is 4.98 Å². The Labute approximate surface area is 185 Å². The molecule has 0 radical (unpaired) electrons. The van der Waals surface area contributed by atoms with Gasteiger partial charge in [-0.15, -0.1) is 0 Å². The number of carbonyl (C=O) groups is 1. The molecule has 0 saturated carbocycles. The fraction of sp³-hybridized carbons (Fsp3) is 0.160. The average Bonchev–Trinajstić information content (AvgIpc) is 2.82. The SMILES string of the molecule is CCC(O)CNC(=O)Nc1ccc2nc(-c3cccnc3)c(-c3ccccc3F)cc2c1. The highest BCUT2D eigenvalue weighted by molar-refractivity contribution is 5.96. The van der Waals surface area contributed by atoms with Crippen LogP contribution < -0.4 is 10.6 Å². The highest BCUT2D eigenvalue weighted by atomic mass is 19.1. The van der Waals surface area contributed by atoms with Crippen molar-refractivity contribution < 1.29 is 14.3 Å². The van der Waals surface area contributed by atoms with E-state index in [-0.39, 0.29) is 12.4 Å². The molecular weight excluding hydrogens is 407 g/mol. The van der Waals surface area contributed by atoms with E-state index >= 15 is 0 Å². The molecule has 0 spiro atoms. The second-order valence-corrected chi connectivity index (χ2v) is 7.41. The average molecular weight is 430 g/mol. The first-order valence-corrected chi connectivity index (χ1v) is 10.4. The molecular formula is C25H23FN4O2. The van der Waals surface area contributed by atoms with Gasteiger partial charge in [0.25, 0.3) is 0 Å². The van der Waals surface area contributed by atoms with Crippen LogP contribution in [0.25, 0.3) is 33.3 Å². The largest absolute Gasteiger partial charge is 0.391 e. The van der Waals surface area contributed by atoms with Crippen molar-refractivity contribution in [2.75, 3.05) is 11.9 Å². The number of amides is 2. The summed E-state index contributed by atoms with van der Waals surface area (Å²) in [5.74, 6) is -0.345. The summed E-state index contributed by atoms with van der Waals surface area (Å²) >= 11 is 0. The van der Waals surface area contributed by atoms with Crippen LogP contribution in [-0.4, -0.2) is 33.8 Å². The predicted molar refractivity (Wildman–Crippen MR) is 124 cm³/mol. The van der Waals surface area contributed by atoms with Crippen LogP contribution in [0.15, 0.2) is 73.1 Å². The zero-order valence-electron chi connectivity index (χ0n) is 17.5. The molecule has 6 nitrogen and oxygen atoms in total. The number of fused-ring (bicyclic) bond motifs is 1. The maximum atomic E-state index is 14.7. The first kappa shape index (κ1) is 21.4. The highest BCUT2D eigenvalue weighted by Crippen LogP contribution is 2.35. The third kappa shape index (κ3) is 4.73. The molecule has 0 saturated heterocycles. The first-order valence-electron chi connectivity index (χ1n) is 10.4. The molecule has 0 aliphatic carbocycles. The Morgan fingerprint density at radius 2 is 1.94 bits per heavy atom. The minimum atomic E-state index is -0.587. The number of aliphatic hydroxyl groups is 1. The summed E-state index contributed by atoms with van der Waals surface area (Å²) in [4.78, 5) is 21.1. The van der Waals surface area contributed by atoms with Gasteiger partial charge in [-0.05, 0) is 48.9 Å². The van der Waals surface area contributed by atoms with Crippen molar-refractivity contribution in [3.05, 3.63) is 78.9 Å². The number of pyridine rings is 2. The number of hydrogen-bond donors (Lipinski definition) is 3. The molecule has 32 heavy (non-hydrogen) atoms. The molecule has 3 N–H and O–H groups in total. The van der Waals surface area contributed by atoms with Crippen molar-refractivity contribution in [1.82, 2.24) is 15.3 Å². The molecule has 4 rings (SSSR count). The third-order valence-corrected chi connectivity index (χ3v) is 5.14. The van der Waals surface area contributed by atoms with Gasteiger partial charge in [0, 0.05) is 46.7 Å². The molecule has 0 fully saturated rings. The number of halogens is 1. The first-order chi connectivity index (χ1) is 15.5. The summed E-state index contributed by atoms with van der Waals surface area (Å²) in [5.41, 5.74) is 3.75. The van der Waals surface area contributed by atoms with Crippen LogP contribution in [0.1, 0.15) is 13.3 Å². The molecule has 2 aromatic heterocycles. The van der Waals surface area contributed by atoms with Crippen LogP contribution in [0.2, 0.25) is 0 Å². The summed E-state index contributed by atoms with van der Waals surface area (Å²) in [5, 5.41) is 15.8. The summed E-state index contributed by atoms with van der Waals surface area (Å²) in [6.45, 7) is 2.01. The van der Waals surface area contributed by atoms with Gasteiger partial charge in [-0.1, -0.05) is 25.1 Å². The maximum absolute atomic E-state index is 14.7. The monoisotopic (exact) mass is 430 g/mol. The van der Waals surface area contributed by atoms with Gasteiger partial charge in [-0.2, -0.15) is 0 Å².